The molecule has 0 unspecified atom stereocenters. The Morgan fingerprint density at radius 3 is 2.67 bits per heavy atom. The minimum absolute atomic E-state index is 0.0750. The van der Waals surface area contributed by atoms with Crippen molar-refractivity contribution >= 4 is 23.9 Å². The second-order valence-corrected chi connectivity index (χ2v) is 5.07. The Balaban J connectivity index is 2.88. The van der Waals surface area contributed by atoms with Crippen molar-refractivity contribution in [2.75, 3.05) is 6.54 Å². The largest absolute Gasteiger partial charge is 0.478 e. The van der Waals surface area contributed by atoms with Gasteiger partial charge in [0.2, 0.25) is 5.91 Å². The summed E-state index contributed by atoms with van der Waals surface area (Å²) in [6.45, 7) is 3.31. The van der Waals surface area contributed by atoms with E-state index >= 15 is 0 Å². The highest BCUT2D eigenvalue weighted by molar-refractivity contribution is 5.99. The summed E-state index contributed by atoms with van der Waals surface area (Å²) in [6, 6.07) is 1.47. The summed E-state index contributed by atoms with van der Waals surface area (Å²) in [6.07, 6.45) is 5.00. The third-order valence-corrected chi connectivity index (χ3v) is 2.86. The van der Waals surface area contributed by atoms with Gasteiger partial charge in [-0.15, -0.1) is 0 Å². The first-order valence-corrected chi connectivity index (χ1v) is 6.17. The molecule has 0 radical (unpaired) electrons. The molecule has 2 amide bonds. The maximum atomic E-state index is 12.1. The Kier molecular flexibility index (Phi) is 5.18. The molecule has 0 saturated heterocycles. The minimum atomic E-state index is -1.12. The number of primary amides is 1. The lowest BCUT2D eigenvalue weighted by atomic mass is 9.92. The van der Waals surface area contributed by atoms with Crippen LogP contribution in [0.5, 0.6) is 0 Å². The maximum Gasteiger partial charge on any atom is 0.328 e. The highest BCUT2D eigenvalue weighted by Crippen LogP contribution is 2.14. The maximum absolute atomic E-state index is 12.1. The normalized spacial score (nSPS) is 11.3. The van der Waals surface area contributed by atoms with Gasteiger partial charge in [-0.3, -0.25) is 14.6 Å². The number of aliphatic carboxylic acids is 1. The zero-order valence-electron chi connectivity index (χ0n) is 11.8. The number of amides is 2. The van der Waals surface area contributed by atoms with Gasteiger partial charge < -0.3 is 16.2 Å². The van der Waals surface area contributed by atoms with Gasteiger partial charge in [0.05, 0.1) is 5.41 Å². The highest BCUT2D eigenvalue weighted by atomic mass is 16.4. The standard InChI is InChI=1S/C14H17N3O4/c1-14(2,13(15)21)8-17-12(20)10-5-6-16-7-9(10)3-4-11(18)19/h3-7H,8H2,1-2H3,(H2,15,21)(H,17,20)(H,18,19)/b4-3+. The molecule has 1 rings (SSSR count). The lowest BCUT2D eigenvalue weighted by Gasteiger charge is -2.20. The fraction of sp³-hybridized carbons (Fsp3) is 0.286. The summed E-state index contributed by atoms with van der Waals surface area (Å²) in [5.41, 5.74) is 4.99. The Labute approximate surface area is 121 Å². The van der Waals surface area contributed by atoms with Crippen LogP contribution in [0.15, 0.2) is 24.5 Å². The lowest BCUT2D eigenvalue weighted by molar-refractivity contribution is -0.131. The van der Waals surface area contributed by atoms with E-state index in [0.717, 1.165) is 6.08 Å². The molecule has 112 valence electrons. The number of nitrogens with two attached hydrogens (primary N) is 1. The van der Waals surface area contributed by atoms with Crippen molar-refractivity contribution in [3.8, 4) is 0 Å². The number of aromatic nitrogens is 1. The van der Waals surface area contributed by atoms with E-state index in [0.29, 0.717) is 5.56 Å². The van der Waals surface area contributed by atoms with Crippen molar-refractivity contribution < 1.29 is 19.5 Å². The topological polar surface area (TPSA) is 122 Å². The van der Waals surface area contributed by atoms with Crippen molar-refractivity contribution in [2.45, 2.75) is 13.8 Å². The van der Waals surface area contributed by atoms with E-state index in [1.807, 2.05) is 0 Å². The van der Waals surface area contributed by atoms with E-state index in [4.69, 9.17) is 10.8 Å². The number of hydrogen-bond donors (Lipinski definition) is 3. The van der Waals surface area contributed by atoms with Crippen molar-refractivity contribution in [3.63, 3.8) is 0 Å². The molecule has 0 fully saturated rings. The second kappa shape index (κ2) is 6.65. The van der Waals surface area contributed by atoms with Crippen LogP contribution < -0.4 is 11.1 Å². The fourth-order valence-electron chi connectivity index (χ4n) is 1.39. The molecule has 0 atom stereocenters. The van der Waals surface area contributed by atoms with Gasteiger partial charge in [0.1, 0.15) is 0 Å². The Hall–Kier alpha value is -2.70. The molecule has 7 heteroatoms. The number of carboxylic acid groups (broad SMARTS) is 1. The smallest absolute Gasteiger partial charge is 0.328 e. The number of nitrogens with zero attached hydrogens (tertiary/aromatic N) is 1. The number of carboxylic acids is 1. The molecular weight excluding hydrogens is 274 g/mol. The van der Waals surface area contributed by atoms with Crippen molar-refractivity contribution in [1.29, 1.82) is 0 Å². The van der Waals surface area contributed by atoms with Crippen LogP contribution in [0.25, 0.3) is 6.08 Å². The van der Waals surface area contributed by atoms with Gasteiger partial charge in [-0.2, -0.15) is 0 Å². The average molecular weight is 291 g/mol. The molecule has 0 spiro atoms. The number of nitrogens with one attached hydrogen (secondary N) is 1. The summed E-state index contributed by atoms with van der Waals surface area (Å²) >= 11 is 0. The van der Waals surface area contributed by atoms with Crippen molar-refractivity contribution in [3.05, 3.63) is 35.7 Å². The number of pyridine rings is 1. The summed E-state index contributed by atoms with van der Waals surface area (Å²) in [5, 5.41) is 11.2. The Morgan fingerprint density at radius 2 is 2.10 bits per heavy atom. The molecule has 7 nitrogen and oxygen atoms in total. The van der Waals surface area contributed by atoms with E-state index < -0.39 is 23.2 Å². The second-order valence-electron chi connectivity index (χ2n) is 5.07. The molecule has 0 aliphatic rings. The molecule has 21 heavy (non-hydrogen) atoms. The van der Waals surface area contributed by atoms with Gasteiger partial charge in [0, 0.05) is 36.1 Å². The zero-order valence-corrected chi connectivity index (χ0v) is 11.8. The predicted molar refractivity (Wildman–Crippen MR) is 76.2 cm³/mol. The Bertz CT molecular complexity index is 594. The van der Waals surface area contributed by atoms with E-state index in [-0.39, 0.29) is 12.1 Å². The number of rotatable bonds is 6. The van der Waals surface area contributed by atoms with Gasteiger partial charge in [0.25, 0.3) is 5.91 Å². The molecule has 1 aromatic rings. The summed E-state index contributed by atoms with van der Waals surface area (Å²) in [5.74, 6) is -2.08. The van der Waals surface area contributed by atoms with Crippen LogP contribution in [0.4, 0.5) is 0 Å². The van der Waals surface area contributed by atoms with E-state index in [9.17, 15) is 14.4 Å². The third-order valence-electron chi connectivity index (χ3n) is 2.86. The van der Waals surface area contributed by atoms with Crippen LogP contribution in [-0.2, 0) is 9.59 Å². The molecule has 1 heterocycles. The summed E-state index contributed by atoms with van der Waals surface area (Å²) in [4.78, 5) is 37.7. The molecule has 0 aromatic carbocycles. The molecule has 0 aliphatic heterocycles. The van der Waals surface area contributed by atoms with Gasteiger partial charge in [-0.05, 0) is 26.0 Å². The number of carbonyl (C=O) groups is 3. The third kappa shape index (κ3) is 4.72. The number of carbonyl (C=O) groups excluding carboxylic acids is 2. The molecule has 0 aliphatic carbocycles. The van der Waals surface area contributed by atoms with E-state index in [2.05, 4.69) is 10.3 Å². The SMILES string of the molecule is CC(C)(CNC(=O)c1ccncc1/C=C/C(=O)O)C(N)=O. The Morgan fingerprint density at radius 1 is 1.43 bits per heavy atom. The van der Waals surface area contributed by atoms with Crippen LogP contribution in [0.1, 0.15) is 29.8 Å². The number of hydrogen-bond acceptors (Lipinski definition) is 4. The lowest BCUT2D eigenvalue weighted by Crippen LogP contribution is -2.42. The molecule has 1 aromatic heterocycles. The van der Waals surface area contributed by atoms with Crippen LogP contribution in [0.3, 0.4) is 0 Å². The van der Waals surface area contributed by atoms with Gasteiger partial charge in [-0.1, -0.05) is 0 Å². The molecular formula is C14H17N3O4. The highest BCUT2D eigenvalue weighted by Gasteiger charge is 2.25. The molecule has 0 saturated carbocycles. The fourth-order valence-corrected chi connectivity index (χ4v) is 1.39. The van der Waals surface area contributed by atoms with Crippen LogP contribution in [-0.4, -0.2) is 34.4 Å². The van der Waals surface area contributed by atoms with Crippen LogP contribution in [0, 0.1) is 5.41 Å². The first-order chi connectivity index (χ1) is 9.74. The van der Waals surface area contributed by atoms with Gasteiger partial charge in [-0.25, -0.2) is 4.79 Å². The summed E-state index contributed by atoms with van der Waals surface area (Å²) < 4.78 is 0. The zero-order chi connectivity index (χ0) is 16.0. The minimum Gasteiger partial charge on any atom is -0.478 e. The van der Waals surface area contributed by atoms with E-state index in [1.54, 1.807) is 13.8 Å². The molecule has 0 bridgehead atoms. The van der Waals surface area contributed by atoms with E-state index in [1.165, 1.54) is 24.5 Å². The van der Waals surface area contributed by atoms with Gasteiger partial charge >= 0.3 is 5.97 Å². The predicted octanol–water partition coefficient (Wildman–Crippen LogP) is 0.421. The monoisotopic (exact) mass is 291 g/mol. The van der Waals surface area contributed by atoms with Gasteiger partial charge in [0.15, 0.2) is 0 Å². The quantitative estimate of drug-likeness (QED) is 0.655. The van der Waals surface area contributed by atoms with Crippen LogP contribution >= 0.6 is 0 Å². The first-order valence-electron chi connectivity index (χ1n) is 6.17. The van der Waals surface area contributed by atoms with Crippen molar-refractivity contribution in [2.24, 2.45) is 11.1 Å². The molecule has 4 N–H and O–H groups in total. The van der Waals surface area contributed by atoms with Crippen molar-refractivity contribution in [1.82, 2.24) is 10.3 Å². The van der Waals surface area contributed by atoms with Crippen LogP contribution in [0.2, 0.25) is 0 Å². The summed E-state index contributed by atoms with van der Waals surface area (Å²) in [7, 11) is 0. The first kappa shape index (κ1) is 16.4. The average Bonchev–Trinajstić information content (AvgIpc) is 2.42.